The Labute approximate surface area is 158 Å². The number of nitrogens with one attached hydrogen (secondary N) is 2. The predicted octanol–water partition coefficient (Wildman–Crippen LogP) is 2.97. The van der Waals surface area contributed by atoms with Gasteiger partial charge in [-0.15, -0.1) is 0 Å². The molecule has 1 saturated heterocycles. The summed E-state index contributed by atoms with van der Waals surface area (Å²) in [5.74, 6) is 1.85. The van der Waals surface area contributed by atoms with Gasteiger partial charge in [-0.25, -0.2) is 9.78 Å². The van der Waals surface area contributed by atoms with Crippen molar-refractivity contribution < 1.29 is 4.79 Å². The number of hydrogen-bond donors (Lipinski definition) is 2. The van der Waals surface area contributed by atoms with Crippen molar-refractivity contribution in [3.8, 4) is 0 Å². The van der Waals surface area contributed by atoms with Crippen LogP contribution < -0.4 is 5.32 Å². The van der Waals surface area contributed by atoms with Gasteiger partial charge in [0.1, 0.15) is 5.82 Å². The number of carbonyl (C=O) groups excluding carboxylic acids is 1. The number of rotatable bonds is 4. The number of H-pyrrole nitrogens is 1. The highest BCUT2D eigenvalue weighted by Gasteiger charge is 2.27. The highest BCUT2D eigenvalue weighted by Crippen LogP contribution is 2.24. The molecule has 0 radical (unpaired) electrons. The van der Waals surface area contributed by atoms with E-state index in [1.165, 1.54) is 16.6 Å². The lowest BCUT2D eigenvalue weighted by molar-refractivity contribution is 0.178. The van der Waals surface area contributed by atoms with Crippen LogP contribution in [0.1, 0.15) is 36.1 Å². The molecule has 4 rings (SSSR count). The lowest BCUT2D eigenvalue weighted by atomic mass is 9.98. The molecular weight excluding hydrogens is 340 g/mol. The molecule has 0 bridgehead atoms. The van der Waals surface area contributed by atoms with Gasteiger partial charge in [-0.2, -0.15) is 5.10 Å². The first kappa shape index (κ1) is 17.6. The van der Waals surface area contributed by atoms with E-state index in [9.17, 15) is 4.79 Å². The van der Waals surface area contributed by atoms with Crippen LogP contribution in [0.5, 0.6) is 0 Å². The summed E-state index contributed by atoms with van der Waals surface area (Å²) in [6.07, 6.45) is 2.00. The molecule has 1 aromatic carbocycles. The number of nitrogens with zero attached hydrogens (tertiary/aromatic N) is 4. The Hall–Kier alpha value is -2.83. The highest BCUT2D eigenvalue weighted by atomic mass is 16.2. The number of aryl methyl sites for hydroxylation is 2. The number of para-hydroxylation sites is 1. The smallest absolute Gasteiger partial charge is 0.317 e. The third kappa shape index (κ3) is 3.67. The van der Waals surface area contributed by atoms with Crippen LogP contribution in [0.2, 0.25) is 0 Å². The molecular formula is C20H26N6O. The average molecular weight is 366 g/mol. The SMILES string of the molecule is Cc1nc([C@@H]2CCCN(C(=O)NCCn3c(C)cc4ccccc43)C2)n[nH]1. The van der Waals surface area contributed by atoms with Gasteiger partial charge in [0.2, 0.25) is 0 Å². The Morgan fingerprint density at radius 3 is 3.00 bits per heavy atom. The molecule has 1 aliphatic rings. The monoisotopic (exact) mass is 366 g/mol. The zero-order valence-corrected chi connectivity index (χ0v) is 15.9. The summed E-state index contributed by atoms with van der Waals surface area (Å²) in [5.41, 5.74) is 2.42. The molecule has 1 aliphatic heterocycles. The topological polar surface area (TPSA) is 78.8 Å². The molecule has 0 saturated carbocycles. The van der Waals surface area contributed by atoms with Gasteiger partial charge >= 0.3 is 6.03 Å². The summed E-state index contributed by atoms with van der Waals surface area (Å²) in [6, 6.07) is 10.5. The second-order valence-electron chi connectivity index (χ2n) is 7.29. The number of aromatic amines is 1. The number of amides is 2. The molecule has 0 spiro atoms. The van der Waals surface area contributed by atoms with Crippen LogP contribution in [-0.4, -0.2) is 50.3 Å². The van der Waals surface area contributed by atoms with Crippen molar-refractivity contribution in [1.82, 2.24) is 30.0 Å². The van der Waals surface area contributed by atoms with Crippen molar-refractivity contribution in [3.63, 3.8) is 0 Å². The van der Waals surface area contributed by atoms with E-state index < -0.39 is 0 Å². The van der Waals surface area contributed by atoms with Crippen LogP contribution >= 0.6 is 0 Å². The van der Waals surface area contributed by atoms with Gasteiger partial charge in [0.15, 0.2) is 5.82 Å². The van der Waals surface area contributed by atoms with Gasteiger partial charge in [0, 0.05) is 43.3 Å². The number of aromatic nitrogens is 4. The fraction of sp³-hybridized carbons (Fsp3) is 0.450. The van der Waals surface area contributed by atoms with Crippen molar-refractivity contribution in [3.05, 3.63) is 47.7 Å². The minimum Gasteiger partial charge on any atom is -0.343 e. The predicted molar refractivity (Wildman–Crippen MR) is 105 cm³/mol. The minimum absolute atomic E-state index is 0.000993. The Morgan fingerprint density at radius 1 is 1.33 bits per heavy atom. The van der Waals surface area contributed by atoms with E-state index in [2.05, 4.69) is 62.3 Å². The average Bonchev–Trinajstić information content (AvgIpc) is 3.25. The summed E-state index contributed by atoms with van der Waals surface area (Å²) in [7, 11) is 0. The normalized spacial score (nSPS) is 17.4. The molecule has 3 heterocycles. The van der Waals surface area contributed by atoms with Crippen molar-refractivity contribution in [2.75, 3.05) is 19.6 Å². The van der Waals surface area contributed by atoms with E-state index >= 15 is 0 Å². The Morgan fingerprint density at radius 2 is 2.19 bits per heavy atom. The van der Waals surface area contributed by atoms with Gasteiger partial charge in [0.05, 0.1) is 0 Å². The third-order valence-electron chi connectivity index (χ3n) is 5.32. The van der Waals surface area contributed by atoms with E-state index in [1.807, 2.05) is 11.8 Å². The van der Waals surface area contributed by atoms with Gasteiger partial charge < -0.3 is 14.8 Å². The summed E-state index contributed by atoms with van der Waals surface area (Å²) in [4.78, 5) is 18.9. The zero-order valence-electron chi connectivity index (χ0n) is 15.9. The number of fused-ring (bicyclic) bond motifs is 1. The second-order valence-corrected chi connectivity index (χ2v) is 7.29. The van der Waals surface area contributed by atoms with E-state index in [-0.39, 0.29) is 11.9 Å². The van der Waals surface area contributed by atoms with Crippen LogP contribution in [0.4, 0.5) is 4.79 Å². The van der Waals surface area contributed by atoms with Crippen LogP contribution in [0.3, 0.4) is 0 Å². The first-order valence-electron chi connectivity index (χ1n) is 9.58. The van der Waals surface area contributed by atoms with Crippen molar-refractivity contribution in [2.24, 2.45) is 0 Å². The van der Waals surface area contributed by atoms with Gasteiger partial charge in [0.25, 0.3) is 0 Å². The number of likely N-dealkylation sites (tertiary alicyclic amines) is 1. The molecule has 142 valence electrons. The summed E-state index contributed by atoms with van der Waals surface area (Å²) >= 11 is 0. The molecule has 2 aromatic heterocycles. The molecule has 2 amide bonds. The molecule has 0 unspecified atom stereocenters. The molecule has 0 aliphatic carbocycles. The summed E-state index contributed by atoms with van der Waals surface area (Å²) in [6.45, 7) is 6.85. The maximum absolute atomic E-state index is 12.6. The lowest BCUT2D eigenvalue weighted by Gasteiger charge is -2.31. The van der Waals surface area contributed by atoms with E-state index in [4.69, 9.17) is 0 Å². The molecule has 1 atom stereocenters. The molecule has 27 heavy (non-hydrogen) atoms. The van der Waals surface area contributed by atoms with Gasteiger partial charge in [-0.05, 0) is 44.2 Å². The van der Waals surface area contributed by atoms with Crippen LogP contribution in [0.15, 0.2) is 30.3 Å². The van der Waals surface area contributed by atoms with Crippen molar-refractivity contribution >= 4 is 16.9 Å². The fourth-order valence-corrected chi connectivity index (χ4v) is 3.95. The Bertz CT molecular complexity index is 943. The van der Waals surface area contributed by atoms with Crippen LogP contribution in [-0.2, 0) is 6.54 Å². The number of piperidine rings is 1. The zero-order chi connectivity index (χ0) is 18.8. The van der Waals surface area contributed by atoms with Crippen LogP contribution in [0.25, 0.3) is 10.9 Å². The number of hydrogen-bond acceptors (Lipinski definition) is 3. The largest absolute Gasteiger partial charge is 0.343 e. The molecule has 3 aromatic rings. The maximum Gasteiger partial charge on any atom is 0.317 e. The first-order chi connectivity index (χ1) is 13.1. The number of benzene rings is 1. The summed E-state index contributed by atoms with van der Waals surface area (Å²) < 4.78 is 2.26. The third-order valence-corrected chi connectivity index (χ3v) is 5.32. The molecule has 7 nitrogen and oxygen atoms in total. The fourth-order valence-electron chi connectivity index (χ4n) is 3.95. The Balaban J connectivity index is 1.34. The van der Waals surface area contributed by atoms with Crippen molar-refractivity contribution in [2.45, 2.75) is 39.2 Å². The molecule has 1 fully saturated rings. The second kappa shape index (κ2) is 7.42. The van der Waals surface area contributed by atoms with E-state index in [1.54, 1.807) is 0 Å². The maximum atomic E-state index is 12.6. The molecule has 7 heteroatoms. The number of carbonyl (C=O) groups is 1. The van der Waals surface area contributed by atoms with Crippen LogP contribution in [0, 0.1) is 13.8 Å². The van der Waals surface area contributed by atoms with E-state index in [0.29, 0.717) is 13.1 Å². The summed E-state index contributed by atoms with van der Waals surface area (Å²) in [5, 5.41) is 11.5. The lowest BCUT2D eigenvalue weighted by Crippen LogP contribution is -2.45. The van der Waals surface area contributed by atoms with Gasteiger partial charge in [-0.3, -0.25) is 5.10 Å². The Kier molecular flexibility index (Phi) is 4.83. The quantitative estimate of drug-likeness (QED) is 0.745. The van der Waals surface area contributed by atoms with Crippen molar-refractivity contribution in [1.29, 1.82) is 0 Å². The minimum atomic E-state index is 0.000993. The van der Waals surface area contributed by atoms with Gasteiger partial charge in [-0.1, -0.05) is 18.2 Å². The van der Waals surface area contributed by atoms with E-state index in [0.717, 1.165) is 37.6 Å². The molecule has 2 N–H and O–H groups in total. The first-order valence-corrected chi connectivity index (χ1v) is 9.58. The standard InChI is InChI=1S/C20H26N6O/c1-14-12-16-6-3-4-8-18(16)26(14)11-9-21-20(27)25-10-5-7-17(13-25)19-22-15(2)23-24-19/h3-4,6,8,12,17H,5,7,9-11,13H2,1-2H3,(H,21,27)(H,22,23,24)/t17-/m1/s1. The number of urea groups is 1. The highest BCUT2D eigenvalue weighted by molar-refractivity contribution is 5.81.